The van der Waals surface area contributed by atoms with E-state index in [2.05, 4.69) is 11.9 Å². The number of amides is 2. The Bertz CT molecular complexity index is 737. The van der Waals surface area contributed by atoms with Crippen LogP contribution in [0.5, 0.6) is 0 Å². The molecular formula is C19H26N2O5S. The molecular weight excluding hydrogens is 368 g/mol. The SMILES string of the molecule is C=Cc1ccsc1C(=O)N[C@H](C(=O)N1C[C@H](O)C[C@H]1C(=O)OC)C(C)(C)C. The molecule has 1 aliphatic rings. The van der Waals surface area contributed by atoms with E-state index in [1.165, 1.54) is 23.3 Å². The normalized spacial score (nSPS) is 20.9. The molecule has 2 heterocycles. The van der Waals surface area contributed by atoms with E-state index in [0.717, 1.165) is 0 Å². The highest BCUT2D eigenvalue weighted by Crippen LogP contribution is 2.27. The Balaban J connectivity index is 2.28. The number of hydrogen-bond acceptors (Lipinski definition) is 6. The van der Waals surface area contributed by atoms with Gasteiger partial charge >= 0.3 is 5.97 Å². The minimum absolute atomic E-state index is 0.0258. The number of ether oxygens (including phenoxy) is 1. The van der Waals surface area contributed by atoms with Crippen LogP contribution < -0.4 is 5.32 Å². The van der Waals surface area contributed by atoms with Crippen LogP contribution in [-0.2, 0) is 14.3 Å². The van der Waals surface area contributed by atoms with Crippen molar-refractivity contribution < 1.29 is 24.2 Å². The monoisotopic (exact) mass is 394 g/mol. The summed E-state index contributed by atoms with van der Waals surface area (Å²) in [5, 5.41) is 14.5. The maximum absolute atomic E-state index is 13.2. The zero-order valence-corrected chi connectivity index (χ0v) is 16.8. The standard InChI is InChI=1S/C19H26N2O5S/c1-6-11-7-8-27-14(11)16(23)20-15(19(2,3)4)17(24)21-10-12(22)9-13(21)18(25)26-5/h6-8,12-13,15,22H,1,9-10H2,2-5H3,(H,20,23)/t12-,13+,15-/m1/s1. The summed E-state index contributed by atoms with van der Waals surface area (Å²) < 4.78 is 4.76. The highest BCUT2D eigenvalue weighted by Gasteiger charge is 2.45. The number of nitrogens with zero attached hydrogens (tertiary/aromatic N) is 1. The van der Waals surface area contributed by atoms with Gasteiger partial charge in [0.15, 0.2) is 0 Å². The van der Waals surface area contributed by atoms with Crippen LogP contribution in [0.2, 0.25) is 0 Å². The quantitative estimate of drug-likeness (QED) is 0.741. The van der Waals surface area contributed by atoms with E-state index in [9.17, 15) is 19.5 Å². The number of methoxy groups -OCH3 is 1. The van der Waals surface area contributed by atoms with Crippen LogP contribution in [-0.4, -0.2) is 59.6 Å². The number of rotatable bonds is 5. The summed E-state index contributed by atoms with van der Waals surface area (Å²) in [6, 6.07) is 0.0527. The van der Waals surface area contributed by atoms with Crippen LogP contribution in [0.3, 0.4) is 0 Å². The molecule has 148 valence electrons. The first-order valence-corrected chi connectivity index (χ1v) is 9.55. The minimum atomic E-state index is -0.873. The molecule has 2 rings (SSSR count). The number of carbonyl (C=O) groups excluding carboxylic acids is 3. The Labute approximate surface area is 163 Å². The van der Waals surface area contributed by atoms with Gasteiger partial charge in [0.25, 0.3) is 5.91 Å². The third kappa shape index (κ3) is 4.56. The van der Waals surface area contributed by atoms with Crippen molar-refractivity contribution in [3.8, 4) is 0 Å². The maximum atomic E-state index is 13.2. The van der Waals surface area contributed by atoms with Crippen molar-refractivity contribution in [2.45, 2.75) is 45.4 Å². The molecule has 3 atom stereocenters. The lowest BCUT2D eigenvalue weighted by Crippen LogP contribution is -2.56. The van der Waals surface area contributed by atoms with Gasteiger partial charge in [0.05, 0.1) is 18.1 Å². The third-order valence-corrected chi connectivity index (χ3v) is 5.47. The average Bonchev–Trinajstić information content (AvgIpc) is 3.23. The van der Waals surface area contributed by atoms with Gasteiger partial charge in [-0.25, -0.2) is 4.79 Å². The molecule has 1 aromatic heterocycles. The molecule has 0 unspecified atom stereocenters. The van der Waals surface area contributed by atoms with Gasteiger partial charge in [-0.3, -0.25) is 9.59 Å². The number of aliphatic hydroxyl groups excluding tert-OH is 1. The molecule has 27 heavy (non-hydrogen) atoms. The Kier molecular flexibility index (Phi) is 6.43. The van der Waals surface area contributed by atoms with Gasteiger partial charge in [-0.05, 0) is 22.4 Å². The lowest BCUT2D eigenvalue weighted by molar-refractivity contribution is -0.152. The largest absolute Gasteiger partial charge is 0.467 e. The van der Waals surface area contributed by atoms with Crippen LogP contribution in [0, 0.1) is 5.41 Å². The Morgan fingerprint density at radius 3 is 2.67 bits per heavy atom. The predicted molar refractivity (Wildman–Crippen MR) is 103 cm³/mol. The lowest BCUT2D eigenvalue weighted by Gasteiger charge is -2.35. The lowest BCUT2D eigenvalue weighted by atomic mass is 9.85. The van der Waals surface area contributed by atoms with Crippen molar-refractivity contribution in [1.82, 2.24) is 10.2 Å². The summed E-state index contributed by atoms with van der Waals surface area (Å²) in [6.45, 7) is 9.21. The highest BCUT2D eigenvalue weighted by atomic mass is 32.1. The number of likely N-dealkylation sites (tertiary alicyclic amines) is 1. The minimum Gasteiger partial charge on any atom is -0.467 e. The average molecular weight is 394 g/mol. The van der Waals surface area contributed by atoms with E-state index < -0.39 is 35.5 Å². The second kappa shape index (κ2) is 8.22. The van der Waals surface area contributed by atoms with Crippen molar-refractivity contribution in [2.24, 2.45) is 5.41 Å². The van der Waals surface area contributed by atoms with E-state index in [1.54, 1.807) is 17.5 Å². The number of esters is 1. The first-order valence-electron chi connectivity index (χ1n) is 8.67. The first kappa shape index (κ1) is 21.1. The van der Waals surface area contributed by atoms with Crippen molar-refractivity contribution in [3.05, 3.63) is 28.5 Å². The fourth-order valence-corrected chi connectivity index (χ4v) is 3.90. The van der Waals surface area contributed by atoms with E-state index in [1.807, 2.05) is 20.8 Å². The number of aliphatic hydroxyl groups is 1. The summed E-state index contributed by atoms with van der Waals surface area (Å²) in [6.07, 6.45) is 0.900. The zero-order chi connectivity index (χ0) is 20.4. The van der Waals surface area contributed by atoms with Crippen molar-refractivity contribution in [1.29, 1.82) is 0 Å². The Morgan fingerprint density at radius 2 is 2.11 bits per heavy atom. The molecule has 1 saturated heterocycles. The molecule has 0 spiro atoms. The molecule has 0 aromatic carbocycles. The number of hydrogen-bond donors (Lipinski definition) is 2. The fraction of sp³-hybridized carbons (Fsp3) is 0.526. The first-order chi connectivity index (χ1) is 12.6. The van der Waals surface area contributed by atoms with E-state index in [-0.39, 0.29) is 18.9 Å². The molecule has 1 aliphatic heterocycles. The molecule has 0 saturated carbocycles. The van der Waals surface area contributed by atoms with Crippen molar-refractivity contribution in [3.63, 3.8) is 0 Å². The van der Waals surface area contributed by atoms with E-state index >= 15 is 0 Å². The van der Waals surface area contributed by atoms with Crippen LogP contribution in [0.4, 0.5) is 0 Å². The highest BCUT2D eigenvalue weighted by molar-refractivity contribution is 7.12. The van der Waals surface area contributed by atoms with Gasteiger partial charge in [0.1, 0.15) is 12.1 Å². The summed E-state index contributed by atoms with van der Waals surface area (Å²) in [4.78, 5) is 39.7. The molecule has 0 bridgehead atoms. The molecule has 8 heteroatoms. The van der Waals surface area contributed by atoms with Crippen LogP contribution in [0.25, 0.3) is 6.08 Å². The molecule has 2 N–H and O–H groups in total. The molecule has 1 fully saturated rings. The maximum Gasteiger partial charge on any atom is 0.328 e. The van der Waals surface area contributed by atoms with Crippen LogP contribution in [0.15, 0.2) is 18.0 Å². The third-order valence-electron chi connectivity index (χ3n) is 4.55. The molecule has 2 amide bonds. The van der Waals surface area contributed by atoms with Crippen molar-refractivity contribution in [2.75, 3.05) is 13.7 Å². The number of carbonyl (C=O) groups is 3. The van der Waals surface area contributed by atoms with Crippen molar-refractivity contribution >= 4 is 35.2 Å². The predicted octanol–water partition coefficient (Wildman–Crippen LogP) is 1.67. The number of β-amino-alcohol motifs (C(OH)–C–C–N with tert-alkyl or cyclic N) is 1. The molecule has 7 nitrogen and oxygen atoms in total. The second-order valence-corrected chi connectivity index (χ2v) is 8.52. The Morgan fingerprint density at radius 1 is 1.44 bits per heavy atom. The second-order valence-electron chi connectivity index (χ2n) is 7.60. The van der Waals surface area contributed by atoms with Gasteiger partial charge in [0, 0.05) is 13.0 Å². The number of thiophene rings is 1. The van der Waals surface area contributed by atoms with E-state index in [0.29, 0.717) is 10.4 Å². The summed E-state index contributed by atoms with van der Waals surface area (Å²) >= 11 is 1.27. The summed E-state index contributed by atoms with van der Waals surface area (Å²) in [7, 11) is 1.24. The molecule has 0 aliphatic carbocycles. The molecule has 0 radical (unpaired) electrons. The zero-order valence-electron chi connectivity index (χ0n) is 16.0. The van der Waals surface area contributed by atoms with Gasteiger partial charge in [-0.15, -0.1) is 11.3 Å². The van der Waals surface area contributed by atoms with Crippen LogP contribution >= 0.6 is 11.3 Å². The smallest absolute Gasteiger partial charge is 0.328 e. The van der Waals surface area contributed by atoms with Gasteiger partial charge < -0.3 is 20.1 Å². The summed E-state index contributed by atoms with van der Waals surface area (Å²) in [5.41, 5.74) is 0.0914. The summed E-state index contributed by atoms with van der Waals surface area (Å²) in [5.74, 6) is -1.37. The van der Waals surface area contributed by atoms with Gasteiger partial charge in [0.2, 0.25) is 5.91 Å². The van der Waals surface area contributed by atoms with Crippen LogP contribution in [0.1, 0.15) is 42.4 Å². The number of nitrogens with one attached hydrogen (secondary N) is 1. The van der Waals surface area contributed by atoms with Gasteiger partial charge in [-0.2, -0.15) is 0 Å². The Hall–Kier alpha value is -2.19. The fourth-order valence-electron chi connectivity index (χ4n) is 3.09. The molecule has 1 aromatic rings. The van der Waals surface area contributed by atoms with Gasteiger partial charge in [-0.1, -0.05) is 33.4 Å². The topological polar surface area (TPSA) is 95.9 Å². The van der Waals surface area contributed by atoms with E-state index in [4.69, 9.17) is 4.74 Å².